The highest BCUT2D eigenvalue weighted by Crippen LogP contribution is 2.17. The van der Waals surface area contributed by atoms with Gasteiger partial charge in [0, 0.05) is 6.42 Å². The number of unbranched alkanes of at least 4 members (excludes halogenated alkanes) is 37. The largest absolute Gasteiger partial charge is 0.394 e. The van der Waals surface area contributed by atoms with E-state index in [1.165, 1.54) is 225 Å². The second kappa shape index (κ2) is 44.5. The molecule has 0 aromatic carbocycles. The molecule has 0 aliphatic rings. The SMILES string of the molecule is CCCCCC/C=C/C(O)C(CO)NC(=O)CCCCCCCCCCCCCCCCCCCCCCCCCCCCCCCCCCCC. The van der Waals surface area contributed by atoms with E-state index in [0.717, 1.165) is 25.7 Å². The smallest absolute Gasteiger partial charge is 0.220 e. The Labute approximate surface area is 327 Å². The molecule has 0 spiro atoms. The average molecular weight is 734 g/mol. The van der Waals surface area contributed by atoms with Crippen LogP contribution in [0.3, 0.4) is 0 Å². The van der Waals surface area contributed by atoms with Crippen LogP contribution in [0.5, 0.6) is 0 Å². The Kier molecular flexibility index (Phi) is 43.8. The first-order valence-corrected chi connectivity index (χ1v) is 23.9. The Bertz CT molecular complexity index is 710. The lowest BCUT2D eigenvalue weighted by Crippen LogP contribution is -2.45. The van der Waals surface area contributed by atoms with Gasteiger partial charge in [0.1, 0.15) is 0 Å². The molecule has 1 amide bonds. The summed E-state index contributed by atoms with van der Waals surface area (Å²) in [5.74, 6) is -0.0645. The molecule has 4 nitrogen and oxygen atoms in total. The first kappa shape index (κ1) is 51.1. The minimum atomic E-state index is -0.830. The van der Waals surface area contributed by atoms with E-state index in [2.05, 4.69) is 19.2 Å². The van der Waals surface area contributed by atoms with Crippen molar-refractivity contribution in [1.29, 1.82) is 0 Å². The normalized spacial score (nSPS) is 12.9. The molecule has 0 aromatic rings. The van der Waals surface area contributed by atoms with Gasteiger partial charge >= 0.3 is 0 Å². The summed E-state index contributed by atoms with van der Waals surface area (Å²) in [6, 6.07) is -0.613. The molecule has 3 N–H and O–H groups in total. The van der Waals surface area contributed by atoms with Crippen LogP contribution in [0.2, 0.25) is 0 Å². The van der Waals surface area contributed by atoms with Crippen LogP contribution in [0.1, 0.15) is 271 Å². The maximum Gasteiger partial charge on any atom is 0.220 e. The van der Waals surface area contributed by atoms with Crippen LogP contribution in [0.15, 0.2) is 12.2 Å². The van der Waals surface area contributed by atoms with E-state index < -0.39 is 12.1 Å². The molecule has 0 rings (SSSR count). The number of carbonyl (C=O) groups excluding carboxylic acids is 1. The van der Waals surface area contributed by atoms with Crippen LogP contribution in [0.4, 0.5) is 0 Å². The highest BCUT2D eigenvalue weighted by atomic mass is 16.3. The van der Waals surface area contributed by atoms with Gasteiger partial charge in [0.15, 0.2) is 0 Å². The number of aliphatic hydroxyl groups is 2. The van der Waals surface area contributed by atoms with E-state index in [9.17, 15) is 15.0 Å². The van der Waals surface area contributed by atoms with Gasteiger partial charge in [0.2, 0.25) is 5.91 Å². The summed E-state index contributed by atoms with van der Waals surface area (Å²) in [5, 5.41) is 22.7. The molecule has 52 heavy (non-hydrogen) atoms. The highest BCUT2D eigenvalue weighted by Gasteiger charge is 2.17. The summed E-state index contributed by atoms with van der Waals surface area (Å²) in [6.07, 6.45) is 56.8. The third-order valence-electron chi connectivity index (χ3n) is 11.3. The fraction of sp³-hybridized carbons (Fsp3) is 0.938. The van der Waals surface area contributed by atoms with E-state index in [1.807, 2.05) is 6.08 Å². The molecule has 0 bridgehead atoms. The summed E-state index contributed by atoms with van der Waals surface area (Å²) in [6.45, 7) is 4.25. The molecule has 0 heterocycles. The minimum absolute atomic E-state index is 0.0645. The van der Waals surface area contributed by atoms with Crippen molar-refractivity contribution in [2.75, 3.05) is 6.61 Å². The van der Waals surface area contributed by atoms with Gasteiger partial charge in [-0.05, 0) is 19.3 Å². The van der Waals surface area contributed by atoms with Gasteiger partial charge in [-0.25, -0.2) is 0 Å². The number of hydrogen-bond donors (Lipinski definition) is 3. The Morgan fingerprint density at radius 2 is 0.712 bits per heavy atom. The summed E-state index contributed by atoms with van der Waals surface area (Å²) in [5.41, 5.74) is 0. The van der Waals surface area contributed by atoms with Crippen molar-refractivity contribution in [1.82, 2.24) is 5.32 Å². The average Bonchev–Trinajstić information content (AvgIpc) is 3.15. The van der Waals surface area contributed by atoms with Gasteiger partial charge in [0.05, 0.1) is 18.8 Å². The fourth-order valence-corrected chi connectivity index (χ4v) is 7.59. The van der Waals surface area contributed by atoms with Crippen molar-refractivity contribution in [2.45, 2.75) is 283 Å². The molecular weight excluding hydrogens is 639 g/mol. The van der Waals surface area contributed by atoms with Crippen molar-refractivity contribution >= 4 is 5.91 Å². The first-order chi connectivity index (χ1) is 25.7. The Morgan fingerprint density at radius 3 is 1.00 bits per heavy atom. The lowest BCUT2D eigenvalue weighted by Gasteiger charge is -2.20. The molecule has 0 aliphatic carbocycles. The molecule has 0 radical (unpaired) electrons. The quantitative estimate of drug-likeness (QED) is 0.0431. The molecule has 0 aromatic heterocycles. The second-order valence-corrected chi connectivity index (χ2v) is 16.5. The maximum atomic E-state index is 12.3. The van der Waals surface area contributed by atoms with Crippen LogP contribution in [-0.4, -0.2) is 34.9 Å². The van der Waals surface area contributed by atoms with Crippen LogP contribution in [0, 0.1) is 0 Å². The molecule has 0 saturated carbocycles. The van der Waals surface area contributed by atoms with E-state index >= 15 is 0 Å². The van der Waals surface area contributed by atoms with Gasteiger partial charge in [-0.1, -0.05) is 257 Å². The number of allylic oxidation sites excluding steroid dienone is 1. The fourth-order valence-electron chi connectivity index (χ4n) is 7.59. The van der Waals surface area contributed by atoms with Gasteiger partial charge in [0.25, 0.3) is 0 Å². The Hall–Kier alpha value is -0.870. The molecule has 0 aliphatic heterocycles. The Morgan fingerprint density at radius 1 is 0.442 bits per heavy atom. The third kappa shape index (κ3) is 40.3. The van der Waals surface area contributed by atoms with Crippen molar-refractivity contribution < 1.29 is 15.0 Å². The summed E-state index contributed by atoms with van der Waals surface area (Å²) >= 11 is 0. The molecule has 4 heteroatoms. The van der Waals surface area contributed by atoms with Crippen LogP contribution < -0.4 is 5.32 Å². The molecule has 0 saturated heterocycles. The summed E-state index contributed by atoms with van der Waals surface area (Å²) in [4.78, 5) is 12.3. The van der Waals surface area contributed by atoms with Crippen LogP contribution in [0.25, 0.3) is 0 Å². The van der Waals surface area contributed by atoms with Crippen molar-refractivity contribution in [3.8, 4) is 0 Å². The molecule has 2 unspecified atom stereocenters. The lowest BCUT2D eigenvalue weighted by atomic mass is 10.0. The lowest BCUT2D eigenvalue weighted by molar-refractivity contribution is -0.123. The highest BCUT2D eigenvalue weighted by molar-refractivity contribution is 5.76. The molecule has 0 fully saturated rings. The van der Waals surface area contributed by atoms with Crippen LogP contribution in [-0.2, 0) is 4.79 Å². The topological polar surface area (TPSA) is 69.6 Å². The monoisotopic (exact) mass is 734 g/mol. The number of aliphatic hydroxyl groups excluding tert-OH is 2. The predicted molar refractivity (Wildman–Crippen MR) is 230 cm³/mol. The number of carbonyl (C=O) groups is 1. The van der Waals surface area contributed by atoms with Gasteiger partial charge < -0.3 is 15.5 Å². The van der Waals surface area contributed by atoms with E-state index in [-0.39, 0.29) is 12.5 Å². The van der Waals surface area contributed by atoms with E-state index in [1.54, 1.807) is 6.08 Å². The van der Waals surface area contributed by atoms with Crippen LogP contribution >= 0.6 is 0 Å². The summed E-state index contributed by atoms with van der Waals surface area (Å²) < 4.78 is 0. The van der Waals surface area contributed by atoms with Crippen molar-refractivity contribution in [3.05, 3.63) is 12.2 Å². The number of rotatable bonds is 44. The maximum absolute atomic E-state index is 12.3. The zero-order chi connectivity index (χ0) is 37.8. The summed E-state index contributed by atoms with van der Waals surface area (Å²) in [7, 11) is 0. The van der Waals surface area contributed by atoms with Gasteiger partial charge in [-0.3, -0.25) is 4.79 Å². The zero-order valence-corrected chi connectivity index (χ0v) is 35.6. The van der Waals surface area contributed by atoms with E-state index in [4.69, 9.17) is 0 Å². The van der Waals surface area contributed by atoms with Crippen molar-refractivity contribution in [2.24, 2.45) is 0 Å². The standard InChI is InChI=1S/C48H95NO3/c1-3-5-7-9-11-12-13-14-15-16-17-18-19-20-21-22-23-24-25-26-27-28-29-30-31-32-33-34-35-36-37-38-40-42-44-48(52)49-46(45-50)47(51)43-41-39-10-8-6-4-2/h41,43,46-47,50-51H,3-40,42,44-45H2,1-2H3,(H,49,52)/b43-41+. The molecular formula is C48H95NO3. The van der Waals surface area contributed by atoms with Crippen molar-refractivity contribution in [3.63, 3.8) is 0 Å². The van der Waals surface area contributed by atoms with E-state index in [0.29, 0.717) is 6.42 Å². The number of nitrogens with one attached hydrogen (secondary N) is 1. The molecule has 2 atom stereocenters. The minimum Gasteiger partial charge on any atom is -0.394 e. The third-order valence-corrected chi connectivity index (χ3v) is 11.3. The first-order valence-electron chi connectivity index (χ1n) is 23.9. The van der Waals surface area contributed by atoms with Gasteiger partial charge in [-0.15, -0.1) is 0 Å². The second-order valence-electron chi connectivity index (χ2n) is 16.5. The van der Waals surface area contributed by atoms with Gasteiger partial charge in [-0.2, -0.15) is 0 Å². The Balaban J connectivity index is 3.29. The zero-order valence-electron chi connectivity index (χ0n) is 35.6. The number of hydrogen-bond acceptors (Lipinski definition) is 3. The number of amides is 1. The molecule has 310 valence electrons. The predicted octanol–water partition coefficient (Wildman–Crippen LogP) is 15.0.